The third-order valence-corrected chi connectivity index (χ3v) is 5.67. The Morgan fingerprint density at radius 3 is 1.41 bits per heavy atom. The van der Waals surface area contributed by atoms with Gasteiger partial charge in [0.2, 0.25) is 5.70 Å². The zero-order valence-corrected chi connectivity index (χ0v) is 17.7. The van der Waals surface area contributed by atoms with Crippen molar-refractivity contribution >= 4 is 31.5 Å². The molecule has 2 rings (SSSR count). The topological polar surface area (TPSA) is 115 Å². The van der Waals surface area contributed by atoms with E-state index in [4.69, 9.17) is 6.57 Å². The Morgan fingerprint density at radius 1 is 0.765 bits per heavy atom. The van der Waals surface area contributed by atoms with Crippen molar-refractivity contribution in [1.29, 1.82) is 5.26 Å². The van der Waals surface area contributed by atoms with Crippen LogP contribution in [0.25, 0.3) is 16.1 Å². The van der Waals surface area contributed by atoms with Gasteiger partial charge in [-0.3, -0.25) is 0 Å². The predicted octanol–water partition coefficient (Wildman–Crippen LogP) is 4.45. The van der Waals surface area contributed by atoms with E-state index in [0.717, 1.165) is 48.5 Å². The second-order valence-electron chi connectivity index (χ2n) is 5.96. The second kappa shape index (κ2) is 9.24. The second-order valence-corrected chi connectivity index (χ2v) is 9.04. The normalized spacial score (nSPS) is 13.3. The van der Waals surface area contributed by atoms with Gasteiger partial charge in [-0.2, -0.15) is 48.4 Å². The molecule has 2 aromatic carbocycles. The zero-order valence-electron chi connectivity index (χ0n) is 16.0. The Kier molecular flexibility index (Phi) is 7.20. The van der Waals surface area contributed by atoms with Crippen molar-refractivity contribution in [3.63, 3.8) is 0 Å². The van der Waals surface area contributed by atoms with E-state index >= 15 is 0 Å². The maximum atomic E-state index is 12.4. The molecule has 16 heteroatoms. The van der Waals surface area contributed by atoms with Crippen LogP contribution in [0.3, 0.4) is 0 Å². The Bertz CT molecular complexity index is 1290. The third kappa shape index (κ3) is 5.77. The highest BCUT2D eigenvalue weighted by Gasteiger charge is 2.49. The van der Waals surface area contributed by atoms with Crippen molar-refractivity contribution in [3.8, 4) is 17.6 Å². The Labute approximate surface area is 188 Å². The van der Waals surface area contributed by atoms with Gasteiger partial charge in [0.15, 0.2) is 0 Å². The van der Waals surface area contributed by atoms with Crippen LogP contribution in [0.2, 0.25) is 0 Å². The number of rotatable bonds is 6. The van der Waals surface area contributed by atoms with Crippen LogP contribution in [0.4, 0.5) is 26.3 Å². The van der Waals surface area contributed by atoms with Crippen molar-refractivity contribution in [2.24, 2.45) is 0 Å². The molecule has 0 aromatic heterocycles. The van der Waals surface area contributed by atoms with E-state index in [9.17, 15) is 48.4 Å². The summed E-state index contributed by atoms with van der Waals surface area (Å²) in [5.74, 6) is -1.45. The summed E-state index contributed by atoms with van der Waals surface area (Å²) in [5.41, 5.74) is -12.1. The first-order valence-electron chi connectivity index (χ1n) is 8.26. The molecule has 8 nitrogen and oxygen atoms in total. The van der Waals surface area contributed by atoms with Crippen LogP contribution in [0, 0.1) is 17.9 Å². The molecule has 0 amide bonds. The molecule has 2 aromatic rings. The van der Waals surface area contributed by atoms with Gasteiger partial charge in [-0.1, -0.05) is 24.3 Å². The number of nitrogens with zero attached hydrogens (tertiary/aromatic N) is 2. The molecule has 0 radical (unpaired) electrons. The van der Waals surface area contributed by atoms with Crippen molar-refractivity contribution in [2.45, 2.75) is 11.0 Å². The fourth-order valence-corrected chi connectivity index (χ4v) is 3.13. The minimum absolute atomic E-state index is 0.0368. The maximum Gasteiger partial charge on any atom is 0.534 e. The van der Waals surface area contributed by atoms with Gasteiger partial charge < -0.3 is 8.37 Å². The first-order chi connectivity index (χ1) is 15.5. The molecule has 0 heterocycles. The molecule has 0 aliphatic heterocycles. The molecular weight excluding hydrogens is 518 g/mol. The van der Waals surface area contributed by atoms with Gasteiger partial charge in [-0.15, -0.1) is 0 Å². The molecule has 0 bridgehead atoms. The van der Waals surface area contributed by atoms with E-state index < -0.39 is 42.8 Å². The summed E-state index contributed by atoms with van der Waals surface area (Å²) in [6, 6.07) is 8.89. The maximum absolute atomic E-state index is 12.4. The molecule has 0 saturated heterocycles. The molecule has 0 N–H and O–H groups in total. The average molecular weight is 526 g/mol. The summed E-state index contributed by atoms with van der Waals surface area (Å²) in [4.78, 5) is 3.16. The summed E-state index contributed by atoms with van der Waals surface area (Å²) >= 11 is 0. The van der Waals surface area contributed by atoms with E-state index in [1.807, 2.05) is 0 Å². The van der Waals surface area contributed by atoms with Crippen molar-refractivity contribution in [1.82, 2.24) is 0 Å². The Hall–Kier alpha value is -3.76. The van der Waals surface area contributed by atoms with Gasteiger partial charge in [0.25, 0.3) is 0 Å². The fourth-order valence-electron chi connectivity index (χ4n) is 2.21. The lowest BCUT2D eigenvalue weighted by Crippen LogP contribution is -2.28. The smallest absolute Gasteiger partial charge is 0.376 e. The average Bonchev–Trinajstić information content (AvgIpc) is 2.71. The van der Waals surface area contributed by atoms with Gasteiger partial charge in [-0.05, 0) is 35.4 Å². The Morgan fingerprint density at radius 2 is 1.12 bits per heavy atom. The highest BCUT2D eigenvalue weighted by molar-refractivity contribution is 7.88. The van der Waals surface area contributed by atoms with Gasteiger partial charge in [0, 0.05) is 0 Å². The van der Waals surface area contributed by atoms with Crippen LogP contribution in [0.5, 0.6) is 11.5 Å². The van der Waals surface area contributed by atoms with E-state index in [-0.39, 0.29) is 22.4 Å². The van der Waals surface area contributed by atoms with Crippen LogP contribution in [0.1, 0.15) is 11.1 Å². The molecule has 34 heavy (non-hydrogen) atoms. The number of halogens is 6. The summed E-state index contributed by atoms with van der Waals surface area (Å²) in [6.07, 6.45) is 0. The lowest BCUT2D eigenvalue weighted by Gasteiger charge is -2.11. The molecule has 0 aliphatic carbocycles. The first-order valence-corrected chi connectivity index (χ1v) is 11.1. The number of alkyl halides is 6. The summed E-state index contributed by atoms with van der Waals surface area (Å²) in [6.45, 7) is 7.30. The van der Waals surface area contributed by atoms with E-state index in [0.29, 0.717) is 0 Å². The molecule has 0 unspecified atom stereocenters. The summed E-state index contributed by atoms with van der Waals surface area (Å²) < 4.78 is 126. The van der Waals surface area contributed by atoms with Crippen molar-refractivity contribution in [2.75, 3.05) is 0 Å². The molecule has 0 aliphatic rings. The Balaban J connectivity index is 2.39. The lowest BCUT2D eigenvalue weighted by molar-refractivity contribution is -0.0504. The molecule has 0 fully saturated rings. The van der Waals surface area contributed by atoms with Crippen LogP contribution in [-0.4, -0.2) is 27.9 Å². The molecular formula is C18H8F6N2O6S2. The standard InChI is InChI=1S/C18H8F6N2O6S2/c1-26-16(12-4-8-14(9-5-12)32-34(29,30)18(22,23)24)15(10-25)11-2-6-13(7-3-11)31-33(27,28)17(19,20)21/h2-9H. The summed E-state index contributed by atoms with van der Waals surface area (Å²) in [5, 5.41) is 9.45. The molecule has 180 valence electrons. The van der Waals surface area contributed by atoms with E-state index in [1.54, 1.807) is 6.07 Å². The zero-order chi connectivity index (χ0) is 25.9. The SMILES string of the molecule is [C-]#[N+]C(=C(C#N)c1ccc(OS(=O)(=O)C(F)(F)F)cc1)c1ccc(OS(=O)(=O)C(F)(F)F)cc1. The number of hydrogen-bond acceptors (Lipinski definition) is 7. The first kappa shape index (κ1) is 26.5. The minimum Gasteiger partial charge on any atom is -0.376 e. The van der Waals surface area contributed by atoms with Crippen LogP contribution in [-0.2, 0) is 20.2 Å². The van der Waals surface area contributed by atoms with Gasteiger partial charge in [0.05, 0.1) is 18.2 Å². The van der Waals surface area contributed by atoms with Gasteiger partial charge in [-0.25, -0.2) is 4.85 Å². The molecule has 0 spiro atoms. The minimum atomic E-state index is -5.93. The van der Waals surface area contributed by atoms with E-state index in [1.165, 1.54) is 0 Å². The van der Waals surface area contributed by atoms with E-state index in [2.05, 4.69) is 13.2 Å². The number of hydrogen-bond donors (Lipinski definition) is 0. The highest BCUT2D eigenvalue weighted by atomic mass is 32.2. The predicted molar refractivity (Wildman–Crippen MR) is 103 cm³/mol. The number of allylic oxidation sites excluding steroid dienone is 1. The largest absolute Gasteiger partial charge is 0.534 e. The van der Waals surface area contributed by atoms with Crippen LogP contribution in [0.15, 0.2) is 48.5 Å². The van der Waals surface area contributed by atoms with Gasteiger partial charge >= 0.3 is 31.3 Å². The number of benzene rings is 2. The quantitative estimate of drug-likeness (QED) is 0.136. The monoisotopic (exact) mass is 526 g/mol. The van der Waals surface area contributed by atoms with Crippen molar-refractivity contribution in [3.05, 3.63) is 71.1 Å². The van der Waals surface area contributed by atoms with Crippen molar-refractivity contribution < 1.29 is 51.5 Å². The highest BCUT2D eigenvalue weighted by Crippen LogP contribution is 2.32. The summed E-state index contributed by atoms with van der Waals surface area (Å²) in [7, 11) is -11.9. The number of nitriles is 1. The molecule has 0 atom stereocenters. The third-order valence-electron chi connectivity index (χ3n) is 3.71. The van der Waals surface area contributed by atoms with Crippen LogP contribution < -0.4 is 8.37 Å². The lowest BCUT2D eigenvalue weighted by atomic mass is 10.0. The fraction of sp³-hybridized carbons (Fsp3) is 0.111. The van der Waals surface area contributed by atoms with Crippen LogP contribution >= 0.6 is 0 Å². The van der Waals surface area contributed by atoms with Gasteiger partial charge in [0.1, 0.15) is 11.5 Å². The molecule has 0 saturated carbocycles.